The largest absolute Gasteiger partial charge is 0.462 e. The van der Waals surface area contributed by atoms with Gasteiger partial charge in [0.2, 0.25) is 0 Å². The number of aliphatic hydroxyl groups is 1. The molecule has 1 aliphatic carbocycles. The van der Waals surface area contributed by atoms with Gasteiger partial charge in [0.25, 0.3) is 0 Å². The van der Waals surface area contributed by atoms with Crippen LogP contribution in [0.4, 0.5) is 0 Å². The maximum Gasteiger partial charge on any atom is 0.129 e. The Labute approximate surface area is 125 Å². The zero-order valence-corrected chi connectivity index (χ0v) is 12.1. The van der Waals surface area contributed by atoms with Crippen LogP contribution in [-0.4, -0.2) is 22.6 Å². The molecule has 110 valence electrons. The molecule has 3 rings (SSSR count). The van der Waals surface area contributed by atoms with Gasteiger partial charge in [-0.15, -0.1) is 0 Å². The topological polar surface area (TPSA) is 36.6 Å². The third kappa shape index (κ3) is 4.06. The van der Waals surface area contributed by atoms with Gasteiger partial charge in [0.15, 0.2) is 0 Å². The first-order valence-electron chi connectivity index (χ1n) is 7.49. The molecule has 0 radical (unpaired) electrons. The van der Waals surface area contributed by atoms with Gasteiger partial charge in [-0.25, -0.2) is 0 Å². The molecule has 0 bridgehead atoms. The van der Waals surface area contributed by atoms with Crippen LogP contribution in [0, 0.1) is 0 Å². The number of hydrogen-bond donors (Lipinski definition) is 1. The third-order valence-corrected chi connectivity index (χ3v) is 3.75. The van der Waals surface area contributed by atoms with Crippen molar-refractivity contribution in [2.75, 3.05) is 6.54 Å². The quantitative estimate of drug-likeness (QED) is 0.845. The van der Waals surface area contributed by atoms with Crippen molar-refractivity contribution in [1.29, 1.82) is 0 Å². The maximum absolute atomic E-state index is 9.06. The molecule has 0 spiro atoms. The Morgan fingerprint density at radius 1 is 1.10 bits per heavy atom. The lowest BCUT2D eigenvalue weighted by Crippen LogP contribution is -2.25. The Morgan fingerprint density at radius 2 is 1.86 bits per heavy atom. The lowest BCUT2D eigenvalue weighted by atomic mass is 10.2. The van der Waals surface area contributed by atoms with E-state index in [0.29, 0.717) is 11.8 Å². The first kappa shape index (κ1) is 14.1. The molecule has 0 amide bonds. The summed E-state index contributed by atoms with van der Waals surface area (Å²) in [4.78, 5) is 2.43. The summed E-state index contributed by atoms with van der Waals surface area (Å²) in [6, 6.07) is 14.8. The van der Waals surface area contributed by atoms with Gasteiger partial charge in [-0.3, -0.25) is 4.90 Å². The minimum Gasteiger partial charge on any atom is -0.462 e. The second kappa shape index (κ2) is 6.74. The molecule has 2 aromatic rings. The van der Waals surface area contributed by atoms with E-state index >= 15 is 0 Å². The molecular weight excluding hydrogens is 262 g/mol. The van der Waals surface area contributed by atoms with Crippen molar-refractivity contribution < 1.29 is 9.52 Å². The zero-order chi connectivity index (χ0) is 14.5. The average Bonchev–Trinajstić information content (AvgIpc) is 3.27. The van der Waals surface area contributed by atoms with E-state index in [0.717, 1.165) is 18.8 Å². The third-order valence-electron chi connectivity index (χ3n) is 3.75. The normalized spacial score (nSPS) is 15.1. The maximum atomic E-state index is 9.06. The number of nitrogens with zero attached hydrogens (tertiary/aromatic N) is 1. The van der Waals surface area contributed by atoms with Gasteiger partial charge in [-0.05, 0) is 30.5 Å². The SMILES string of the molecule is OCc1ccc(CN(C/C=C/c2ccccc2)C2CC2)o1. The van der Waals surface area contributed by atoms with Crippen LogP contribution >= 0.6 is 0 Å². The van der Waals surface area contributed by atoms with Crippen LogP contribution in [0.15, 0.2) is 53.0 Å². The highest BCUT2D eigenvalue weighted by Gasteiger charge is 2.28. The Bertz CT molecular complexity index is 584. The molecule has 0 atom stereocenters. The zero-order valence-electron chi connectivity index (χ0n) is 12.1. The Morgan fingerprint density at radius 3 is 2.52 bits per heavy atom. The van der Waals surface area contributed by atoms with Gasteiger partial charge in [0.1, 0.15) is 18.1 Å². The van der Waals surface area contributed by atoms with Gasteiger partial charge < -0.3 is 9.52 Å². The summed E-state index contributed by atoms with van der Waals surface area (Å²) >= 11 is 0. The van der Waals surface area contributed by atoms with Crippen LogP contribution in [0.5, 0.6) is 0 Å². The Balaban J connectivity index is 1.58. The second-order valence-corrected chi connectivity index (χ2v) is 5.50. The van der Waals surface area contributed by atoms with Gasteiger partial charge in [-0.2, -0.15) is 0 Å². The van der Waals surface area contributed by atoms with E-state index in [9.17, 15) is 0 Å². The molecule has 21 heavy (non-hydrogen) atoms. The summed E-state index contributed by atoms with van der Waals surface area (Å²) in [6.45, 7) is 1.70. The summed E-state index contributed by atoms with van der Waals surface area (Å²) in [5.74, 6) is 1.57. The van der Waals surface area contributed by atoms with Crippen LogP contribution in [0.2, 0.25) is 0 Å². The van der Waals surface area contributed by atoms with E-state index in [-0.39, 0.29) is 6.61 Å². The molecule has 3 nitrogen and oxygen atoms in total. The van der Waals surface area contributed by atoms with E-state index in [1.807, 2.05) is 18.2 Å². The highest BCUT2D eigenvalue weighted by Crippen LogP contribution is 2.28. The number of benzene rings is 1. The van der Waals surface area contributed by atoms with Crippen LogP contribution in [0.3, 0.4) is 0 Å². The van der Waals surface area contributed by atoms with Gasteiger partial charge >= 0.3 is 0 Å². The van der Waals surface area contributed by atoms with E-state index in [1.165, 1.54) is 18.4 Å². The van der Waals surface area contributed by atoms with E-state index < -0.39 is 0 Å². The summed E-state index contributed by atoms with van der Waals surface area (Å²) in [7, 11) is 0. The van der Waals surface area contributed by atoms with Crippen LogP contribution < -0.4 is 0 Å². The van der Waals surface area contributed by atoms with Crippen molar-refractivity contribution in [3.05, 3.63) is 65.6 Å². The van der Waals surface area contributed by atoms with E-state index in [1.54, 1.807) is 0 Å². The number of furan rings is 1. The Hall–Kier alpha value is -1.84. The Kier molecular flexibility index (Phi) is 4.53. The number of hydrogen-bond acceptors (Lipinski definition) is 3. The van der Waals surface area contributed by atoms with Crippen molar-refractivity contribution in [2.24, 2.45) is 0 Å². The van der Waals surface area contributed by atoms with Crippen molar-refractivity contribution in [2.45, 2.75) is 32.0 Å². The lowest BCUT2D eigenvalue weighted by molar-refractivity contribution is 0.224. The monoisotopic (exact) mass is 283 g/mol. The molecular formula is C18H21NO2. The van der Waals surface area contributed by atoms with E-state index in [4.69, 9.17) is 9.52 Å². The minimum atomic E-state index is -0.0304. The molecule has 1 aromatic heterocycles. The van der Waals surface area contributed by atoms with Crippen LogP contribution in [0.1, 0.15) is 29.9 Å². The molecule has 3 heteroatoms. The molecule has 0 saturated heterocycles. The standard InChI is InChI=1S/C18H21NO2/c20-14-18-11-10-17(21-18)13-19(16-8-9-16)12-4-7-15-5-2-1-3-6-15/h1-7,10-11,16,20H,8-9,12-14H2/b7-4+. The lowest BCUT2D eigenvalue weighted by Gasteiger charge is -2.18. The van der Waals surface area contributed by atoms with Gasteiger partial charge in [-0.1, -0.05) is 42.5 Å². The molecule has 1 fully saturated rings. The number of rotatable bonds is 7. The van der Waals surface area contributed by atoms with Crippen molar-refractivity contribution in [3.63, 3.8) is 0 Å². The van der Waals surface area contributed by atoms with Crippen LogP contribution in [-0.2, 0) is 13.2 Å². The fraction of sp³-hybridized carbons (Fsp3) is 0.333. The fourth-order valence-electron chi connectivity index (χ4n) is 2.46. The molecule has 0 unspecified atom stereocenters. The highest BCUT2D eigenvalue weighted by atomic mass is 16.4. The summed E-state index contributed by atoms with van der Waals surface area (Å²) in [5, 5.41) is 9.06. The summed E-state index contributed by atoms with van der Waals surface area (Å²) in [5.41, 5.74) is 1.23. The van der Waals surface area contributed by atoms with Crippen LogP contribution in [0.25, 0.3) is 6.08 Å². The minimum absolute atomic E-state index is 0.0304. The molecule has 1 aromatic carbocycles. The summed E-state index contributed by atoms with van der Waals surface area (Å²) in [6.07, 6.45) is 6.92. The molecule has 1 aliphatic rings. The second-order valence-electron chi connectivity index (χ2n) is 5.50. The predicted octanol–water partition coefficient (Wildman–Crippen LogP) is 3.45. The first-order valence-corrected chi connectivity index (χ1v) is 7.49. The molecule has 1 heterocycles. The smallest absolute Gasteiger partial charge is 0.129 e. The van der Waals surface area contributed by atoms with Crippen molar-refractivity contribution in [3.8, 4) is 0 Å². The van der Waals surface area contributed by atoms with Gasteiger partial charge in [0.05, 0.1) is 6.54 Å². The van der Waals surface area contributed by atoms with E-state index in [2.05, 4.69) is 41.3 Å². The number of aliphatic hydroxyl groups excluding tert-OH is 1. The fourth-order valence-corrected chi connectivity index (χ4v) is 2.46. The van der Waals surface area contributed by atoms with Gasteiger partial charge in [0, 0.05) is 12.6 Å². The molecule has 0 aliphatic heterocycles. The average molecular weight is 283 g/mol. The first-order chi connectivity index (χ1) is 10.3. The predicted molar refractivity (Wildman–Crippen MR) is 83.5 cm³/mol. The molecule has 1 N–H and O–H groups in total. The summed E-state index contributed by atoms with van der Waals surface area (Å²) < 4.78 is 5.59. The molecule has 1 saturated carbocycles. The van der Waals surface area contributed by atoms with Crippen molar-refractivity contribution >= 4 is 6.08 Å². The van der Waals surface area contributed by atoms with Crippen molar-refractivity contribution in [1.82, 2.24) is 4.90 Å². The highest BCUT2D eigenvalue weighted by molar-refractivity contribution is 5.48.